The van der Waals surface area contributed by atoms with Crippen LogP contribution in [0.25, 0.3) is 0 Å². The number of benzene rings is 1. The minimum atomic E-state index is -3.70. The molecule has 1 amide bonds. The molecule has 3 N–H and O–H groups in total. The maximum absolute atomic E-state index is 12.6. The first-order valence-electron chi connectivity index (χ1n) is 8.00. The van der Waals surface area contributed by atoms with Crippen molar-refractivity contribution in [2.24, 2.45) is 0 Å². The van der Waals surface area contributed by atoms with Gasteiger partial charge in [0.25, 0.3) is 5.91 Å². The van der Waals surface area contributed by atoms with E-state index in [1.165, 1.54) is 18.2 Å². The Bertz CT molecular complexity index is 810. The Balaban J connectivity index is 1.87. The average molecular weight is 368 g/mol. The summed E-state index contributed by atoms with van der Waals surface area (Å²) in [6.07, 6.45) is 1.77. The van der Waals surface area contributed by atoms with E-state index >= 15 is 0 Å². The maximum atomic E-state index is 12.6. The highest BCUT2D eigenvalue weighted by atomic mass is 32.2. The number of rotatable bonds is 6. The second kappa shape index (κ2) is 6.40. The van der Waals surface area contributed by atoms with Gasteiger partial charge in [0.05, 0.1) is 11.5 Å². The molecule has 0 bridgehead atoms. The second-order valence-electron chi connectivity index (χ2n) is 6.52. The zero-order chi connectivity index (χ0) is 18.2. The van der Waals surface area contributed by atoms with Crippen LogP contribution in [-0.2, 0) is 19.6 Å². The molecule has 1 aromatic carbocycles. The molecule has 1 aromatic rings. The molecule has 8 nitrogen and oxygen atoms in total. The number of carboxylic acids is 1. The lowest BCUT2D eigenvalue weighted by molar-refractivity contribution is -0.144. The first-order chi connectivity index (χ1) is 11.7. The van der Waals surface area contributed by atoms with Gasteiger partial charge >= 0.3 is 5.97 Å². The molecule has 1 unspecified atom stereocenters. The number of carbonyl (C=O) groups is 2. The molecule has 0 aromatic heterocycles. The zero-order valence-electron chi connectivity index (χ0n) is 13.7. The zero-order valence-corrected chi connectivity index (χ0v) is 14.6. The lowest BCUT2D eigenvalue weighted by atomic mass is 9.97. The molecule has 1 aliphatic carbocycles. The van der Waals surface area contributed by atoms with Crippen LogP contribution in [0.15, 0.2) is 23.1 Å². The summed E-state index contributed by atoms with van der Waals surface area (Å²) in [5, 5.41) is 11.9. The Kier molecular flexibility index (Phi) is 4.56. The topological polar surface area (TPSA) is 122 Å². The molecular weight excluding hydrogens is 348 g/mol. The summed E-state index contributed by atoms with van der Waals surface area (Å²) in [6.45, 7) is 1.79. The van der Waals surface area contributed by atoms with E-state index in [1.807, 2.05) is 0 Å². The number of hydrogen-bond donors (Lipinski definition) is 3. The van der Waals surface area contributed by atoms with E-state index in [0.717, 1.165) is 12.8 Å². The van der Waals surface area contributed by atoms with Crippen LogP contribution in [0.1, 0.15) is 35.2 Å². The number of carbonyl (C=O) groups excluding carboxylic acids is 1. The second-order valence-corrected chi connectivity index (χ2v) is 8.23. The van der Waals surface area contributed by atoms with E-state index in [9.17, 15) is 23.1 Å². The van der Waals surface area contributed by atoms with Crippen LogP contribution in [0.2, 0.25) is 0 Å². The van der Waals surface area contributed by atoms with Gasteiger partial charge in [-0.3, -0.25) is 4.79 Å². The fourth-order valence-corrected chi connectivity index (χ4v) is 4.00. The van der Waals surface area contributed by atoms with Crippen LogP contribution in [0, 0.1) is 6.92 Å². The Morgan fingerprint density at radius 3 is 2.60 bits per heavy atom. The lowest BCUT2D eigenvalue weighted by Crippen LogP contribution is -2.55. The summed E-state index contributed by atoms with van der Waals surface area (Å²) in [5.41, 5.74) is -0.793. The fraction of sp³-hybridized carbons (Fsp3) is 0.500. The number of nitrogens with one attached hydrogen (secondary N) is 2. The molecule has 2 aliphatic rings. The minimum Gasteiger partial charge on any atom is -0.479 e. The average Bonchev–Trinajstić information content (AvgIpc) is 3.21. The van der Waals surface area contributed by atoms with Crippen LogP contribution in [-0.4, -0.2) is 50.2 Å². The van der Waals surface area contributed by atoms with E-state index in [1.54, 1.807) is 6.92 Å². The van der Waals surface area contributed by atoms with Crippen molar-refractivity contribution in [3.63, 3.8) is 0 Å². The molecule has 1 saturated heterocycles. The summed E-state index contributed by atoms with van der Waals surface area (Å²) in [5.74, 6) is -1.80. The molecular formula is C16H20N2O6S. The lowest BCUT2D eigenvalue weighted by Gasteiger charge is -2.24. The van der Waals surface area contributed by atoms with Gasteiger partial charge in [-0.2, -0.15) is 0 Å². The molecule has 9 heteroatoms. The molecule has 1 aliphatic heterocycles. The van der Waals surface area contributed by atoms with Crippen molar-refractivity contribution in [1.29, 1.82) is 0 Å². The first kappa shape index (κ1) is 17.8. The number of amides is 1. The number of aryl methyl sites for hydroxylation is 1. The molecule has 0 spiro atoms. The van der Waals surface area contributed by atoms with Crippen LogP contribution >= 0.6 is 0 Å². The Labute approximate surface area is 145 Å². The van der Waals surface area contributed by atoms with Crippen molar-refractivity contribution in [3.8, 4) is 0 Å². The van der Waals surface area contributed by atoms with Crippen molar-refractivity contribution in [2.45, 2.75) is 42.7 Å². The Hall–Kier alpha value is -1.97. The van der Waals surface area contributed by atoms with Gasteiger partial charge in [0.2, 0.25) is 10.0 Å². The summed E-state index contributed by atoms with van der Waals surface area (Å²) in [4.78, 5) is 24.1. The summed E-state index contributed by atoms with van der Waals surface area (Å²) >= 11 is 0. The minimum absolute atomic E-state index is 0.0119. The summed E-state index contributed by atoms with van der Waals surface area (Å²) in [7, 11) is -3.70. The van der Waals surface area contributed by atoms with E-state index in [-0.39, 0.29) is 36.1 Å². The quantitative estimate of drug-likeness (QED) is 0.668. The van der Waals surface area contributed by atoms with Gasteiger partial charge < -0.3 is 15.2 Å². The van der Waals surface area contributed by atoms with Crippen LogP contribution < -0.4 is 10.0 Å². The van der Waals surface area contributed by atoms with Crippen molar-refractivity contribution < 1.29 is 27.9 Å². The fourth-order valence-electron chi connectivity index (χ4n) is 2.67. The van der Waals surface area contributed by atoms with Gasteiger partial charge in [-0.25, -0.2) is 17.9 Å². The first-order valence-corrected chi connectivity index (χ1v) is 9.48. The normalized spacial score (nSPS) is 23.4. The highest BCUT2D eigenvalue weighted by Crippen LogP contribution is 2.24. The molecule has 136 valence electrons. The highest BCUT2D eigenvalue weighted by molar-refractivity contribution is 7.89. The molecule has 1 saturated carbocycles. The third kappa shape index (κ3) is 3.68. The van der Waals surface area contributed by atoms with Crippen molar-refractivity contribution in [2.75, 3.05) is 13.2 Å². The van der Waals surface area contributed by atoms with E-state index in [4.69, 9.17) is 4.74 Å². The predicted octanol–water partition coefficient (Wildman–Crippen LogP) is 0.409. The summed E-state index contributed by atoms with van der Waals surface area (Å²) in [6, 6.07) is 4.20. The van der Waals surface area contributed by atoms with Crippen molar-refractivity contribution >= 4 is 21.9 Å². The van der Waals surface area contributed by atoms with E-state index < -0.39 is 27.4 Å². The molecule has 3 rings (SSSR count). The molecule has 2 fully saturated rings. The number of carboxylic acid groups (broad SMARTS) is 1. The van der Waals surface area contributed by atoms with Gasteiger partial charge in [0.15, 0.2) is 5.54 Å². The van der Waals surface area contributed by atoms with Crippen molar-refractivity contribution in [3.05, 3.63) is 29.3 Å². The standard InChI is InChI=1S/C16H20N2O6S/c1-10-2-5-12(25(22,23)18-11-3-4-11)8-13(10)14(19)17-16(15(20)21)6-7-24-9-16/h2,5,8,11,18H,3-4,6-7,9H2,1H3,(H,17,19)(H,20,21). The van der Waals surface area contributed by atoms with Crippen LogP contribution in [0.4, 0.5) is 0 Å². The molecule has 1 heterocycles. The summed E-state index contributed by atoms with van der Waals surface area (Å²) < 4.78 is 32.3. The van der Waals surface area contributed by atoms with Crippen LogP contribution in [0.3, 0.4) is 0 Å². The Morgan fingerprint density at radius 2 is 2.04 bits per heavy atom. The monoisotopic (exact) mass is 368 g/mol. The number of ether oxygens (including phenoxy) is 1. The van der Waals surface area contributed by atoms with Gasteiger partial charge in [0, 0.05) is 24.6 Å². The third-order valence-electron chi connectivity index (χ3n) is 4.45. The maximum Gasteiger partial charge on any atom is 0.331 e. The molecule has 0 radical (unpaired) electrons. The Morgan fingerprint density at radius 1 is 1.32 bits per heavy atom. The van der Waals surface area contributed by atoms with E-state index in [0.29, 0.717) is 5.56 Å². The SMILES string of the molecule is Cc1ccc(S(=O)(=O)NC2CC2)cc1C(=O)NC1(C(=O)O)CCOC1. The third-order valence-corrected chi connectivity index (χ3v) is 5.97. The number of aliphatic carboxylic acids is 1. The van der Waals surface area contributed by atoms with E-state index in [2.05, 4.69) is 10.0 Å². The largest absolute Gasteiger partial charge is 0.479 e. The van der Waals surface area contributed by atoms with Gasteiger partial charge in [-0.1, -0.05) is 6.07 Å². The predicted molar refractivity (Wildman–Crippen MR) is 87.8 cm³/mol. The van der Waals surface area contributed by atoms with Gasteiger partial charge in [-0.05, 0) is 37.5 Å². The number of hydrogen-bond acceptors (Lipinski definition) is 5. The van der Waals surface area contributed by atoms with Gasteiger partial charge in [-0.15, -0.1) is 0 Å². The molecule has 25 heavy (non-hydrogen) atoms. The van der Waals surface area contributed by atoms with Gasteiger partial charge in [0.1, 0.15) is 0 Å². The van der Waals surface area contributed by atoms with Crippen molar-refractivity contribution in [1.82, 2.24) is 10.0 Å². The highest BCUT2D eigenvalue weighted by Gasteiger charge is 2.44. The molecule has 1 atom stereocenters. The van der Waals surface area contributed by atoms with Crippen LogP contribution in [0.5, 0.6) is 0 Å². The smallest absolute Gasteiger partial charge is 0.331 e. The number of sulfonamides is 1.